The normalized spacial score (nSPS) is 12.4. The van der Waals surface area contributed by atoms with Gasteiger partial charge in [-0.15, -0.1) is 11.3 Å². The highest BCUT2D eigenvalue weighted by molar-refractivity contribution is 7.07. The van der Waals surface area contributed by atoms with Gasteiger partial charge in [-0.25, -0.2) is 4.68 Å². The van der Waals surface area contributed by atoms with Gasteiger partial charge in [0.25, 0.3) is 0 Å². The quantitative estimate of drug-likeness (QED) is 0.373. The fraction of sp³-hybridized carbons (Fsp3) is 0.130. The van der Waals surface area contributed by atoms with Crippen LogP contribution >= 0.6 is 11.3 Å². The number of aromatic hydroxyl groups is 2. The third kappa shape index (κ3) is 3.79. The predicted octanol–water partition coefficient (Wildman–Crippen LogP) is 4.97. The van der Waals surface area contributed by atoms with E-state index in [1.165, 1.54) is 23.6 Å². The first kappa shape index (κ1) is 19.0. The number of hydrogen-bond acceptors (Lipinski definition) is 5. The maximum Gasteiger partial charge on any atom is 0.206 e. The van der Waals surface area contributed by atoms with Crippen LogP contribution in [0.5, 0.6) is 11.5 Å². The molecule has 4 rings (SSSR count). The van der Waals surface area contributed by atoms with Crippen LogP contribution in [0.25, 0.3) is 22.0 Å². The number of nitrogens with zero attached hydrogens (tertiary/aromatic N) is 3. The Morgan fingerprint density at radius 1 is 0.966 bits per heavy atom. The fourth-order valence-corrected chi connectivity index (χ4v) is 4.09. The number of hydrogen-bond donors (Lipinski definition) is 2. The van der Waals surface area contributed by atoms with Gasteiger partial charge >= 0.3 is 0 Å². The van der Waals surface area contributed by atoms with Crippen molar-refractivity contribution in [1.29, 1.82) is 0 Å². The van der Waals surface area contributed by atoms with E-state index in [-0.39, 0.29) is 17.5 Å². The lowest BCUT2D eigenvalue weighted by molar-refractivity contribution is 0.403. The minimum Gasteiger partial charge on any atom is -0.504 e. The van der Waals surface area contributed by atoms with Crippen molar-refractivity contribution in [2.24, 2.45) is 10.1 Å². The second-order valence-corrected chi connectivity index (χ2v) is 7.76. The van der Waals surface area contributed by atoms with Crippen molar-refractivity contribution < 1.29 is 10.2 Å². The SMILES string of the molecule is CC(C)N=c1scc(-c2cccc3ccccc23)n1N=Cc1cccc(O)c1O. The van der Waals surface area contributed by atoms with E-state index in [0.29, 0.717) is 5.56 Å². The Hall–Kier alpha value is -3.38. The molecule has 0 spiro atoms. The highest BCUT2D eigenvalue weighted by Crippen LogP contribution is 2.30. The van der Waals surface area contributed by atoms with Gasteiger partial charge in [0.15, 0.2) is 11.5 Å². The third-order valence-corrected chi connectivity index (χ3v) is 5.31. The maximum atomic E-state index is 10.1. The molecule has 3 aromatic carbocycles. The molecule has 0 atom stereocenters. The summed E-state index contributed by atoms with van der Waals surface area (Å²) < 4.78 is 1.79. The molecule has 0 fully saturated rings. The highest BCUT2D eigenvalue weighted by atomic mass is 32.1. The third-order valence-electron chi connectivity index (χ3n) is 4.48. The number of para-hydroxylation sites is 1. The summed E-state index contributed by atoms with van der Waals surface area (Å²) >= 11 is 1.52. The van der Waals surface area contributed by atoms with Crippen molar-refractivity contribution in [1.82, 2.24) is 4.68 Å². The number of rotatable bonds is 4. The zero-order valence-electron chi connectivity index (χ0n) is 16.1. The average Bonchev–Trinajstić information content (AvgIpc) is 3.10. The van der Waals surface area contributed by atoms with Crippen LogP contribution in [0.4, 0.5) is 0 Å². The second-order valence-electron chi connectivity index (χ2n) is 6.92. The van der Waals surface area contributed by atoms with Gasteiger partial charge in [-0.1, -0.05) is 48.5 Å². The van der Waals surface area contributed by atoms with Crippen LogP contribution in [0.1, 0.15) is 19.4 Å². The molecule has 0 radical (unpaired) electrons. The van der Waals surface area contributed by atoms with Gasteiger partial charge in [0.1, 0.15) is 0 Å². The zero-order chi connectivity index (χ0) is 20.4. The molecule has 0 unspecified atom stereocenters. The summed E-state index contributed by atoms with van der Waals surface area (Å²) in [5.41, 5.74) is 2.41. The summed E-state index contributed by atoms with van der Waals surface area (Å²) in [6.07, 6.45) is 1.54. The largest absolute Gasteiger partial charge is 0.504 e. The van der Waals surface area contributed by atoms with Gasteiger partial charge in [0.05, 0.1) is 11.9 Å². The van der Waals surface area contributed by atoms with Crippen LogP contribution < -0.4 is 4.80 Å². The first-order chi connectivity index (χ1) is 14.0. The summed E-state index contributed by atoms with van der Waals surface area (Å²) in [6.45, 7) is 4.04. The first-order valence-corrected chi connectivity index (χ1v) is 10.2. The standard InChI is InChI=1S/C23H21N3O2S/c1-15(2)25-23-26(24-13-17-9-6-12-21(27)22(17)28)20(14-29-23)19-11-5-8-16-7-3-4-10-18(16)19/h3-15,27-28H,1-2H3. The Balaban J connectivity index is 1.91. The zero-order valence-corrected chi connectivity index (χ0v) is 17.0. The number of aromatic nitrogens is 1. The molecule has 146 valence electrons. The minimum absolute atomic E-state index is 0.115. The summed E-state index contributed by atoms with van der Waals surface area (Å²) in [7, 11) is 0. The molecule has 0 amide bonds. The van der Waals surface area contributed by atoms with E-state index >= 15 is 0 Å². The van der Waals surface area contributed by atoms with Crippen molar-refractivity contribution in [3.8, 4) is 22.8 Å². The number of benzene rings is 3. The number of phenols is 2. The Labute approximate surface area is 172 Å². The van der Waals surface area contributed by atoms with E-state index < -0.39 is 0 Å². The Bertz CT molecular complexity index is 1260. The van der Waals surface area contributed by atoms with E-state index in [1.54, 1.807) is 16.8 Å². The van der Waals surface area contributed by atoms with Gasteiger partial charge in [0, 0.05) is 22.5 Å². The van der Waals surface area contributed by atoms with Crippen LogP contribution in [-0.4, -0.2) is 27.1 Å². The topological polar surface area (TPSA) is 70.1 Å². The highest BCUT2D eigenvalue weighted by Gasteiger charge is 2.11. The van der Waals surface area contributed by atoms with E-state index in [1.807, 2.05) is 37.4 Å². The lowest BCUT2D eigenvalue weighted by Crippen LogP contribution is -2.14. The average molecular weight is 404 g/mol. The molecule has 1 heterocycles. The van der Waals surface area contributed by atoms with Crippen LogP contribution in [0.3, 0.4) is 0 Å². The van der Waals surface area contributed by atoms with Crippen molar-refractivity contribution in [2.75, 3.05) is 0 Å². The predicted molar refractivity (Wildman–Crippen MR) is 119 cm³/mol. The van der Waals surface area contributed by atoms with Crippen molar-refractivity contribution in [3.05, 3.63) is 76.4 Å². The first-order valence-electron chi connectivity index (χ1n) is 9.32. The van der Waals surface area contributed by atoms with Crippen LogP contribution in [0, 0.1) is 0 Å². The van der Waals surface area contributed by atoms with Crippen molar-refractivity contribution >= 4 is 28.3 Å². The maximum absolute atomic E-state index is 10.1. The molecule has 0 aliphatic heterocycles. The van der Waals surface area contributed by atoms with E-state index in [9.17, 15) is 10.2 Å². The smallest absolute Gasteiger partial charge is 0.206 e. The molecular weight excluding hydrogens is 382 g/mol. The number of phenolic OH excluding ortho intramolecular Hbond substituents is 2. The van der Waals surface area contributed by atoms with Crippen LogP contribution in [0.15, 0.2) is 76.1 Å². The number of thiazole rings is 1. The molecule has 2 N–H and O–H groups in total. The molecule has 0 saturated heterocycles. The van der Waals surface area contributed by atoms with E-state index in [4.69, 9.17) is 4.99 Å². The molecular formula is C23H21N3O2S. The Morgan fingerprint density at radius 3 is 2.55 bits per heavy atom. The van der Waals surface area contributed by atoms with Gasteiger partial charge in [-0.2, -0.15) is 5.10 Å². The monoisotopic (exact) mass is 403 g/mol. The fourth-order valence-electron chi connectivity index (χ4n) is 3.13. The Kier molecular flexibility index (Phi) is 5.18. The van der Waals surface area contributed by atoms with Crippen molar-refractivity contribution in [3.63, 3.8) is 0 Å². The number of fused-ring (bicyclic) bond motifs is 1. The summed E-state index contributed by atoms with van der Waals surface area (Å²) in [6, 6.07) is 19.3. The summed E-state index contributed by atoms with van der Waals surface area (Å²) in [4.78, 5) is 5.46. The molecule has 1 aromatic heterocycles. The molecule has 0 aliphatic carbocycles. The van der Waals surface area contributed by atoms with Crippen LogP contribution in [-0.2, 0) is 0 Å². The molecule has 0 aliphatic rings. The van der Waals surface area contributed by atoms with Gasteiger partial charge < -0.3 is 10.2 Å². The lowest BCUT2D eigenvalue weighted by Gasteiger charge is -2.08. The minimum atomic E-state index is -0.193. The molecule has 4 aromatic rings. The molecule has 29 heavy (non-hydrogen) atoms. The van der Waals surface area contributed by atoms with Gasteiger partial charge in [-0.3, -0.25) is 4.99 Å². The molecule has 5 nitrogen and oxygen atoms in total. The molecule has 0 saturated carbocycles. The van der Waals surface area contributed by atoms with Crippen LogP contribution in [0.2, 0.25) is 0 Å². The molecule has 6 heteroatoms. The Morgan fingerprint density at radius 2 is 1.72 bits per heavy atom. The lowest BCUT2D eigenvalue weighted by atomic mass is 10.0. The molecule has 0 bridgehead atoms. The summed E-state index contributed by atoms with van der Waals surface area (Å²) in [5, 5.41) is 28.8. The van der Waals surface area contributed by atoms with Crippen molar-refractivity contribution in [2.45, 2.75) is 19.9 Å². The van der Waals surface area contributed by atoms with E-state index in [0.717, 1.165) is 26.8 Å². The summed E-state index contributed by atoms with van der Waals surface area (Å²) in [5.74, 6) is -0.369. The van der Waals surface area contributed by atoms with Gasteiger partial charge in [-0.05, 0) is 36.8 Å². The van der Waals surface area contributed by atoms with Gasteiger partial charge in [0.2, 0.25) is 4.80 Å². The van der Waals surface area contributed by atoms with E-state index in [2.05, 4.69) is 29.4 Å². The second kappa shape index (κ2) is 7.93.